The number of likely N-dealkylation sites (tertiary alicyclic amines) is 1. The van der Waals surface area contributed by atoms with Gasteiger partial charge in [0.05, 0.1) is 13.0 Å². The average Bonchev–Trinajstić information content (AvgIpc) is 2.78. The number of fused-ring (bicyclic) bond motifs is 1. The maximum absolute atomic E-state index is 12.0. The van der Waals surface area contributed by atoms with E-state index in [4.69, 9.17) is 79.1 Å². The Balaban J connectivity index is 1.76. The lowest BCUT2D eigenvalue weighted by atomic mass is 9.84. The number of nitrogens with zero attached hydrogens (tertiary/aromatic N) is 4. The molecule has 13 heteroatoms. The highest BCUT2D eigenvalue weighted by Crippen LogP contribution is 2.42. The van der Waals surface area contributed by atoms with Crippen molar-refractivity contribution in [3.63, 3.8) is 0 Å². The van der Waals surface area contributed by atoms with Crippen molar-refractivity contribution in [3.05, 3.63) is 35.3 Å². The molecule has 0 spiro atoms. The molecule has 1 aromatic heterocycles. The van der Waals surface area contributed by atoms with Crippen LogP contribution in [0.4, 0.5) is 0 Å². The number of piperidine rings is 1. The van der Waals surface area contributed by atoms with Crippen LogP contribution in [-0.2, 0) is 21.9 Å². The van der Waals surface area contributed by atoms with Gasteiger partial charge in [-0.15, -0.1) is 0 Å². The molecule has 0 amide bonds. The molecule has 1 fully saturated rings. The lowest BCUT2D eigenvalue weighted by molar-refractivity contribution is -0.145. The number of carbonyl (C=O) groups is 1. The van der Waals surface area contributed by atoms with Gasteiger partial charge in [-0.2, -0.15) is 0 Å². The van der Waals surface area contributed by atoms with E-state index >= 15 is 0 Å². The van der Waals surface area contributed by atoms with Crippen LogP contribution in [0.25, 0.3) is 5.57 Å². The van der Waals surface area contributed by atoms with Gasteiger partial charge in [0.2, 0.25) is 7.59 Å². The molecule has 1 aliphatic heterocycles. The third-order valence-corrected chi connectivity index (χ3v) is 6.41. The first-order valence-corrected chi connectivity index (χ1v) is 13.1. The topological polar surface area (TPSA) is 77.4 Å². The fraction of sp³-hybridized carbons (Fsp3) is 0.619. The molecule has 2 aliphatic rings. The molecule has 188 valence electrons. The van der Waals surface area contributed by atoms with Gasteiger partial charge in [0, 0.05) is 31.3 Å². The summed E-state index contributed by atoms with van der Waals surface area (Å²) in [6.45, 7) is 4.62. The van der Waals surface area contributed by atoms with Gasteiger partial charge in [-0.1, -0.05) is 75.7 Å². The molecule has 1 aromatic rings. The first-order valence-electron chi connectivity index (χ1n) is 10.8. The number of allylic oxidation sites excluding steroid dienone is 4. The van der Waals surface area contributed by atoms with Crippen LogP contribution in [0.5, 0.6) is 0 Å². The van der Waals surface area contributed by atoms with Crippen molar-refractivity contribution in [3.8, 4) is 0 Å². The van der Waals surface area contributed by atoms with Crippen molar-refractivity contribution in [2.24, 2.45) is 5.92 Å². The Bertz CT molecular complexity index is 913. The summed E-state index contributed by atoms with van der Waals surface area (Å²) in [6.07, 6.45) is 6.85. The Morgan fingerprint density at radius 1 is 1.06 bits per heavy atom. The Kier molecular flexibility index (Phi) is 10.0. The van der Waals surface area contributed by atoms with Crippen LogP contribution in [0.15, 0.2) is 17.8 Å². The smallest absolute Gasteiger partial charge is 0.307 e. The molecule has 0 N–H and O–H groups in total. The van der Waals surface area contributed by atoms with E-state index in [0.29, 0.717) is 38.4 Å². The van der Waals surface area contributed by atoms with E-state index in [0.717, 1.165) is 30.7 Å². The summed E-state index contributed by atoms with van der Waals surface area (Å²) in [5.41, 5.74) is 1.98. The van der Waals surface area contributed by atoms with E-state index in [9.17, 15) is 4.79 Å². The van der Waals surface area contributed by atoms with Crippen LogP contribution in [-0.4, -0.2) is 58.7 Å². The molecular formula is C21H24Cl6N4O3. The number of hydrogen-bond donors (Lipinski definition) is 0. The molecule has 0 aromatic carbocycles. The van der Waals surface area contributed by atoms with Crippen LogP contribution < -0.4 is 0 Å². The van der Waals surface area contributed by atoms with Gasteiger partial charge in [-0.05, 0) is 37.8 Å². The fourth-order valence-electron chi connectivity index (χ4n) is 3.87. The second-order valence-electron chi connectivity index (χ2n) is 7.78. The molecule has 2 heterocycles. The SMILES string of the molecule is CCOCCOC(=O)CCN1CCCC2CC(c3nc(C(Cl)(Cl)Cl)nc(C(Cl)(Cl)Cl)n3)=CC=C21. The van der Waals surface area contributed by atoms with Crippen LogP contribution in [0.2, 0.25) is 0 Å². The van der Waals surface area contributed by atoms with Gasteiger partial charge >= 0.3 is 5.97 Å². The van der Waals surface area contributed by atoms with Gasteiger partial charge in [-0.3, -0.25) is 4.79 Å². The van der Waals surface area contributed by atoms with Crippen molar-refractivity contribution in [1.29, 1.82) is 0 Å². The number of carbonyl (C=O) groups excluding carboxylic acids is 1. The van der Waals surface area contributed by atoms with E-state index in [1.54, 1.807) is 0 Å². The third kappa shape index (κ3) is 7.73. The van der Waals surface area contributed by atoms with Crippen molar-refractivity contribution in [1.82, 2.24) is 19.9 Å². The standard InChI is InChI=1S/C21H24Cl6N4O3/c1-2-33-10-11-34-16(32)7-9-31-8-3-4-13-12-14(5-6-15(13)31)17-28-18(20(22,23)24)30-19(29-17)21(25,26)27/h5-6,13H,2-4,7-12H2,1H3. The highest BCUT2D eigenvalue weighted by Gasteiger charge is 2.35. The van der Waals surface area contributed by atoms with Crippen molar-refractivity contribution in [2.45, 2.75) is 40.2 Å². The lowest BCUT2D eigenvalue weighted by Crippen LogP contribution is -2.36. The zero-order valence-corrected chi connectivity index (χ0v) is 22.9. The first kappa shape index (κ1) is 28.0. The summed E-state index contributed by atoms with van der Waals surface area (Å²) < 4.78 is 6.59. The van der Waals surface area contributed by atoms with Crippen LogP contribution >= 0.6 is 69.6 Å². The van der Waals surface area contributed by atoms with Gasteiger partial charge in [-0.25, -0.2) is 15.0 Å². The zero-order chi connectivity index (χ0) is 24.9. The van der Waals surface area contributed by atoms with E-state index in [1.807, 2.05) is 19.1 Å². The predicted molar refractivity (Wildman–Crippen MR) is 135 cm³/mol. The second kappa shape index (κ2) is 12.1. The highest BCUT2D eigenvalue weighted by molar-refractivity contribution is 6.67. The van der Waals surface area contributed by atoms with E-state index in [-0.39, 0.29) is 30.1 Å². The van der Waals surface area contributed by atoms with E-state index < -0.39 is 7.59 Å². The summed E-state index contributed by atoms with van der Waals surface area (Å²) in [4.78, 5) is 26.9. The molecule has 0 bridgehead atoms. The molecule has 34 heavy (non-hydrogen) atoms. The summed E-state index contributed by atoms with van der Waals surface area (Å²) >= 11 is 36.0. The number of halogens is 6. The van der Waals surface area contributed by atoms with Gasteiger partial charge in [0.1, 0.15) is 6.61 Å². The van der Waals surface area contributed by atoms with Crippen LogP contribution in [0.3, 0.4) is 0 Å². The molecule has 1 aliphatic carbocycles. The predicted octanol–water partition coefficient (Wildman–Crippen LogP) is 5.88. The van der Waals surface area contributed by atoms with Crippen molar-refractivity contribution < 1.29 is 14.3 Å². The number of esters is 1. The summed E-state index contributed by atoms with van der Waals surface area (Å²) in [6, 6.07) is 0. The minimum atomic E-state index is -1.91. The highest BCUT2D eigenvalue weighted by atomic mass is 35.6. The second-order valence-corrected chi connectivity index (χ2v) is 12.3. The molecule has 3 rings (SSSR count). The molecule has 1 atom stereocenters. The molecule has 1 unspecified atom stereocenters. The summed E-state index contributed by atoms with van der Waals surface area (Å²) in [7, 11) is 0. The number of rotatable bonds is 8. The van der Waals surface area contributed by atoms with E-state index in [1.165, 1.54) is 0 Å². The third-order valence-electron chi connectivity index (χ3n) is 5.40. The maximum Gasteiger partial charge on any atom is 0.307 e. The molecule has 0 radical (unpaired) electrons. The largest absolute Gasteiger partial charge is 0.463 e. The number of aromatic nitrogens is 3. The normalized spacial score (nSPS) is 18.8. The van der Waals surface area contributed by atoms with Crippen molar-refractivity contribution in [2.75, 3.05) is 32.9 Å². The van der Waals surface area contributed by atoms with Crippen LogP contribution in [0.1, 0.15) is 50.1 Å². The maximum atomic E-state index is 12.0. The lowest BCUT2D eigenvalue weighted by Gasteiger charge is -2.39. The van der Waals surface area contributed by atoms with E-state index in [2.05, 4.69) is 19.9 Å². The van der Waals surface area contributed by atoms with Crippen LogP contribution in [0, 0.1) is 5.92 Å². The minimum Gasteiger partial charge on any atom is -0.463 e. The minimum absolute atomic E-state index is 0.118. The Labute approximate surface area is 228 Å². The first-order chi connectivity index (χ1) is 16.0. The number of alkyl halides is 6. The monoisotopic (exact) mass is 590 g/mol. The Morgan fingerprint density at radius 3 is 2.35 bits per heavy atom. The molecule has 7 nitrogen and oxygen atoms in total. The molecule has 0 saturated carbocycles. The van der Waals surface area contributed by atoms with Gasteiger partial charge < -0.3 is 14.4 Å². The van der Waals surface area contributed by atoms with Gasteiger partial charge in [0.15, 0.2) is 17.5 Å². The Morgan fingerprint density at radius 2 is 1.74 bits per heavy atom. The summed E-state index contributed by atoms with van der Waals surface area (Å²) in [5, 5.41) is 0. The quantitative estimate of drug-likeness (QED) is 0.212. The molecule has 1 saturated heterocycles. The average molecular weight is 593 g/mol. The zero-order valence-electron chi connectivity index (χ0n) is 18.4. The van der Waals surface area contributed by atoms with Crippen molar-refractivity contribution >= 4 is 81.1 Å². The Hall–Kier alpha value is -0.540. The summed E-state index contributed by atoms with van der Waals surface area (Å²) in [5.74, 6) is 0.0493. The molecular weight excluding hydrogens is 569 g/mol. The number of hydrogen-bond acceptors (Lipinski definition) is 7. The fourth-order valence-corrected chi connectivity index (χ4v) is 4.38. The number of ether oxygens (including phenoxy) is 2. The van der Waals surface area contributed by atoms with Gasteiger partial charge in [0.25, 0.3) is 0 Å².